The molecular weight excluding hydrogens is 374 g/mol. The van der Waals surface area contributed by atoms with Crippen LogP contribution in [0.15, 0.2) is 60.7 Å². The summed E-state index contributed by atoms with van der Waals surface area (Å²) >= 11 is 0. The van der Waals surface area contributed by atoms with Crippen LogP contribution in [0.1, 0.15) is 27.1 Å². The van der Waals surface area contributed by atoms with Crippen LogP contribution in [-0.2, 0) is 4.79 Å². The van der Waals surface area contributed by atoms with Crippen molar-refractivity contribution in [1.82, 2.24) is 4.90 Å². The lowest BCUT2D eigenvalue weighted by Gasteiger charge is -2.14. The lowest BCUT2D eigenvalue weighted by Crippen LogP contribution is -2.33. The van der Waals surface area contributed by atoms with E-state index < -0.39 is 22.4 Å². The van der Waals surface area contributed by atoms with E-state index in [1.165, 1.54) is 18.2 Å². The maximum atomic E-state index is 12.5. The van der Waals surface area contributed by atoms with E-state index in [9.17, 15) is 24.5 Å². The van der Waals surface area contributed by atoms with Crippen LogP contribution in [0, 0.1) is 10.1 Å². The normalized spacial score (nSPS) is 12.9. The molecule has 1 heterocycles. The highest BCUT2D eigenvalue weighted by Crippen LogP contribution is 2.31. The second-order valence-electron chi connectivity index (χ2n) is 6.54. The number of nitro benzene ring substituents is 1. The van der Waals surface area contributed by atoms with Gasteiger partial charge in [-0.25, -0.2) is 0 Å². The molecular formula is C21H15N3O5. The van der Waals surface area contributed by atoms with Gasteiger partial charge in [0.05, 0.1) is 10.5 Å². The third kappa shape index (κ3) is 3.20. The fourth-order valence-corrected chi connectivity index (χ4v) is 3.43. The minimum Gasteiger partial charge on any atom is -0.325 e. The molecule has 3 amide bonds. The first-order chi connectivity index (χ1) is 14.0. The number of hydrogen-bond donors (Lipinski definition) is 1. The van der Waals surface area contributed by atoms with Crippen LogP contribution in [0.4, 0.5) is 11.4 Å². The van der Waals surface area contributed by atoms with Crippen molar-refractivity contribution in [3.05, 3.63) is 81.9 Å². The van der Waals surface area contributed by atoms with Gasteiger partial charge in [-0.15, -0.1) is 0 Å². The minimum absolute atomic E-state index is 0.0151. The summed E-state index contributed by atoms with van der Waals surface area (Å²) in [4.78, 5) is 48.8. The molecule has 1 N–H and O–H groups in total. The standard InChI is InChI=1S/C21H15N3O5/c25-18(22-16-9-3-6-13-5-1-2-7-14(13)16)11-12-23-20(26)15-8-4-10-17(24(28)29)19(15)21(23)27/h1-10H,11-12H2,(H,22,25). The minimum atomic E-state index is -0.754. The molecule has 8 nitrogen and oxygen atoms in total. The second-order valence-corrected chi connectivity index (χ2v) is 6.54. The molecule has 0 atom stereocenters. The lowest BCUT2D eigenvalue weighted by molar-refractivity contribution is -0.385. The van der Waals surface area contributed by atoms with Crippen molar-refractivity contribution in [1.29, 1.82) is 0 Å². The number of carbonyl (C=O) groups excluding carboxylic acids is 3. The van der Waals surface area contributed by atoms with Crippen LogP contribution in [0.3, 0.4) is 0 Å². The summed E-state index contributed by atoms with van der Waals surface area (Å²) in [5.74, 6) is -1.76. The van der Waals surface area contributed by atoms with Crippen molar-refractivity contribution < 1.29 is 19.3 Å². The summed E-state index contributed by atoms with van der Waals surface area (Å²) in [6.07, 6.45) is -0.123. The Morgan fingerprint density at radius 2 is 1.69 bits per heavy atom. The number of imide groups is 1. The van der Waals surface area contributed by atoms with Crippen molar-refractivity contribution in [3.63, 3.8) is 0 Å². The molecule has 144 valence electrons. The molecule has 4 rings (SSSR count). The number of anilines is 1. The average Bonchev–Trinajstić information content (AvgIpc) is 2.97. The fraction of sp³-hybridized carbons (Fsp3) is 0.0952. The highest BCUT2D eigenvalue weighted by Gasteiger charge is 2.40. The Bertz CT molecular complexity index is 1180. The molecule has 8 heteroatoms. The van der Waals surface area contributed by atoms with Gasteiger partial charge in [0.1, 0.15) is 5.56 Å². The zero-order valence-corrected chi connectivity index (χ0v) is 15.1. The van der Waals surface area contributed by atoms with E-state index in [1.807, 2.05) is 36.4 Å². The number of nitro groups is 1. The molecule has 0 bridgehead atoms. The molecule has 29 heavy (non-hydrogen) atoms. The molecule has 0 fully saturated rings. The maximum absolute atomic E-state index is 12.5. The van der Waals surface area contributed by atoms with Gasteiger partial charge >= 0.3 is 0 Å². The Balaban J connectivity index is 1.49. The van der Waals surface area contributed by atoms with Crippen LogP contribution in [-0.4, -0.2) is 34.1 Å². The quantitative estimate of drug-likeness (QED) is 0.409. The molecule has 0 spiro atoms. The molecule has 1 aliphatic heterocycles. The molecule has 3 aromatic rings. The molecule has 0 saturated carbocycles. The molecule has 0 aliphatic carbocycles. The molecule has 0 unspecified atom stereocenters. The van der Waals surface area contributed by atoms with Gasteiger partial charge in [0.25, 0.3) is 17.5 Å². The van der Waals surface area contributed by atoms with Crippen molar-refractivity contribution in [2.24, 2.45) is 0 Å². The summed E-state index contributed by atoms with van der Waals surface area (Å²) in [5.41, 5.74) is -0.0229. The Kier molecular flexibility index (Phi) is 4.52. The number of benzene rings is 3. The SMILES string of the molecule is O=C(CCN1C(=O)c2cccc([N+](=O)[O-])c2C1=O)Nc1cccc2ccccc12. The number of amides is 3. The van der Waals surface area contributed by atoms with Gasteiger partial charge in [-0.3, -0.25) is 29.4 Å². The van der Waals surface area contributed by atoms with Gasteiger partial charge in [-0.05, 0) is 17.5 Å². The highest BCUT2D eigenvalue weighted by atomic mass is 16.6. The summed E-state index contributed by atoms with van der Waals surface area (Å²) in [7, 11) is 0. The number of carbonyl (C=O) groups is 3. The van der Waals surface area contributed by atoms with Gasteiger partial charge < -0.3 is 5.32 Å². The van der Waals surface area contributed by atoms with Gasteiger partial charge in [-0.1, -0.05) is 42.5 Å². The number of rotatable bonds is 5. The summed E-state index contributed by atoms with van der Waals surface area (Å²) < 4.78 is 0. The van der Waals surface area contributed by atoms with Gasteiger partial charge in [0, 0.05) is 30.1 Å². The Morgan fingerprint density at radius 3 is 2.48 bits per heavy atom. The predicted octanol–water partition coefficient (Wildman–Crippen LogP) is 3.37. The van der Waals surface area contributed by atoms with Crippen LogP contribution in [0.25, 0.3) is 10.8 Å². The fourth-order valence-electron chi connectivity index (χ4n) is 3.43. The zero-order chi connectivity index (χ0) is 20.5. The van der Waals surface area contributed by atoms with Crippen molar-refractivity contribution in [2.75, 3.05) is 11.9 Å². The predicted molar refractivity (Wildman–Crippen MR) is 106 cm³/mol. The number of nitrogens with one attached hydrogen (secondary N) is 1. The topological polar surface area (TPSA) is 110 Å². The third-order valence-electron chi connectivity index (χ3n) is 4.80. The van der Waals surface area contributed by atoms with E-state index in [4.69, 9.17) is 0 Å². The van der Waals surface area contributed by atoms with Crippen LogP contribution in [0.5, 0.6) is 0 Å². The van der Waals surface area contributed by atoms with Crippen molar-refractivity contribution in [3.8, 4) is 0 Å². The first-order valence-corrected chi connectivity index (χ1v) is 8.88. The van der Waals surface area contributed by atoms with E-state index in [2.05, 4.69) is 5.32 Å². The van der Waals surface area contributed by atoms with E-state index in [0.29, 0.717) is 5.69 Å². The van der Waals surface area contributed by atoms with Crippen molar-refractivity contribution in [2.45, 2.75) is 6.42 Å². The molecule has 1 aliphatic rings. The Labute approximate surface area is 164 Å². The highest BCUT2D eigenvalue weighted by molar-refractivity contribution is 6.23. The molecule has 3 aromatic carbocycles. The van der Waals surface area contributed by atoms with E-state index in [1.54, 1.807) is 6.07 Å². The lowest BCUT2D eigenvalue weighted by atomic mass is 10.1. The molecule has 0 radical (unpaired) electrons. The number of nitrogens with zero attached hydrogens (tertiary/aromatic N) is 2. The van der Waals surface area contributed by atoms with Gasteiger partial charge in [-0.2, -0.15) is 0 Å². The van der Waals surface area contributed by atoms with Crippen LogP contribution >= 0.6 is 0 Å². The van der Waals surface area contributed by atoms with E-state index in [-0.39, 0.29) is 30.0 Å². The van der Waals surface area contributed by atoms with Gasteiger partial charge in [0.15, 0.2) is 0 Å². The third-order valence-corrected chi connectivity index (χ3v) is 4.80. The Hall–Kier alpha value is -4.07. The zero-order valence-electron chi connectivity index (χ0n) is 15.1. The Morgan fingerprint density at radius 1 is 0.966 bits per heavy atom. The van der Waals surface area contributed by atoms with Gasteiger partial charge in [0.2, 0.25) is 5.91 Å². The largest absolute Gasteiger partial charge is 0.325 e. The second kappa shape index (κ2) is 7.16. The number of fused-ring (bicyclic) bond motifs is 2. The molecule has 0 aromatic heterocycles. The first kappa shape index (κ1) is 18.3. The smallest absolute Gasteiger partial charge is 0.282 e. The molecule has 0 saturated heterocycles. The summed E-state index contributed by atoms with van der Waals surface area (Å²) in [6, 6.07) is 17.0. The van der Waals surface area contributed by atoms with Crippen molar-refractivity contribution >= 4 is 39.9 Å². The number of hydrogen-bond acceptors (Lipinski definition) is 5. The summed E-state index contributed by atoms with van der Waals surface area (Å²) in [6.45, 7) is -0.167. The monoisotopic (exact) mass is 389 g/mol. The van der Waals surface area contributed by atoms with Crippen LogP contribution in [0.2, 0.25) is 0 Å². The van der Waals surface area contributed by atoms with E-state index in [0.717, 1.165) is 15.7 Å². The average molecular weight is 389 g/mol. The summed E-state index contributed by atoms with van der Waals surface area (Å²) in [5, 5.41) is 15.8. The first-order valence-electron chi connectivity index (χ1n) is 8.88. The van der Waals surface area contributed by atoms with E-state index >= 15 is 0 Å². The van der Waals surface area contributed by atoms with Crippen LogP contribution < -0.4 is 5.32 Å². The maximum Gasteiger partial charge on any atom is 0.282 e.